The summed E-state index contributed by atoms with van der Waals surface area (Å²) in [6.07, 6.45) is 6.77. The van der Waals surface area contributed by atoms with E-state index in [0.29, 0.717) is 13.0 Å². The molecular weight excluding hydrogens is 261 g/mol. The van der Waals surface area contributed by atoms with Gasteiger partial charge in [0.05, 0.1) is 11.7 Å². The highest BCUT2D eigenvalue weighted by Gasteiger charge is 2.67. The highest BCUT2D eigenvalue weighted by molar-refractivity contribution is 6.53. The van der Waals surface area contributed by atoms with Gasteiger partial charge in [0.25, 0.3) is 0 Å². The monoisotopic (exact) mass is 275 g/mol. The molecule has 1 saturated carbocycles. The summed E-state index contributed by atoms with van der Waals surface area (Å²) < 4.78 is 1.08. The molecule has 1 atom stereocenters. The second-order valence-corrected chi connectivity index (χ2v) is 6.11. The number of hydrogen-bond donors (Lipinski definition) is 1. The number of halogens is 2. The second kappa shape index (κ2) is 4.50. The molecule has 1 fully saturated rings. The minimum absolute atomic E-state index is 0.0619. The number of aromatic nitrogens is 2. The highest BCUT2D eigenvalue weighted by atomic mass is 35.5. The van der Waals surface area contributed by atoms with Crippen LogP contribution in [0.15, 0.2) is 18.7 Å². The molecule has 0 aliphatic heterocycles. The molecule has 1 heterocycles. The van der Waals surface area contributed by atoms with Crippen LogP contribution in [0.4, 0.5) is 0 Å². The zero-order valence-electron chi connectivity index (χ0n) is 9.62. The zero-order chi connectivity index (χ0) is 12.5. The summed E-state index contributed by atoms with van der Waals surface area (Å²) in [4.78, 5) is 15.7. The molecule has 0 saturated heterocycles. The van der Waals surface area contributed by atoms with Gasteiger partial charge in [-0.25, -0.2) is 4.98 Å². The second-order valence-electron chi connectivity index (χ2n) is 4.62. The van der Waals surface area contributed by atoms with E-state index in [0.717, 1.165) is 13.0 Å². The van der Waals surface area contributed by atoms with Crippen LogP contribution in [-0.4, -0.2) is 26.3 Å². The average molecular weight is 276 g/mol. The summed E-state index contributed by atoms with van der Waals surface area (Å²) in [6, 6.07) is 0. The average Bonchev–Trinajstić information content (AvgIpc) is 2.70. The van der Waals surface area contributed by atoms with Gasteiger partial charge < -0.3 is 9.88 Å². The predicted octanol–water partition coefficient (Wildman–Crippen LogP) is 1.97. The van der Waals surface area contributed by atoms with Gasteiger partial charge in [-0.05, 0) is 19.8 Å². The molecule has 6 heteroatoms. The van der Waals surface area contributed by atoms with Gasteiger partial charge in [0.1, 0.15) is 4.33 Å². The minimum atomic E-state index is -0.887. The van der Waals surface area contributed by atoms with E-state index in [1.54, 1.807) is 19.4 Å². The lowest BCUT2D eigenvalue weighted by Gasteiger charge is -2.12. The van der Waals surface area contributed by atoms with Crippen molar-refractivity contribution in [3.8, 4) is 0 Å². The number of alkyl halides is 2. The van der Waals surface area contributed by atoms with E-state index in [9.17, 15) is 4.79 Å². The lowest BCUT2D eigenvalue weighted by molar-refractivity contribution is -0.125. The summed E-state index contributed by atoms with van der Waals surface area (Å²) in [5, 5.41) is 2.86. The summed E-state index contributed by atoms with van der Waals surface area (Å²) in [5.41, 5.74) is -0.620. The van der Waals surface area contributed by atoms with Gasteiger partial charge in [0.2, 0.25) is 5.91 Å². The van der Waals surface area contributed by atoms with Gasteiger partial charge in [0, 0.05) is 25.5 Å². The van der Waals surface area contributed by atoms with Crippen molar-refractivity contribution in [3.05, 3.63) is 18.7 Å². The van der Waals surface area contributed by atoms with Gasteiger partial charge >= 0.3 is 0 Å². The SMILES string of the molecule is C[C@]1(C(=O)NCCCn2ccnc2)CC1(Cl)Cl. The molecule has 1 aromatic heterocycles. The number of hydrogen-bond acceptors (Lipinski definition) is 2. The first-order valence-corrected chi connectivity index (χ1v) is 6.33. The van der Waals surface area contributed by atoms with Crippen LogP contribution in [0.25, 0.3) is 0 Å². The van der Waals surface area contributed by atoms with Crippen LogP contribution in [0.1, 0.15) is 19.8 Å². The number of nitrogens with one attached hydrogen (secondary N) is 1. The lowest BCUT2D eigenvalue weighted by Crippen LogP contribution is -2.34. The van der Waals surface area contributed by atoms with Crippen molar-refractivity contribution in [1.29, 1.82) is 0 Å². The number of nitrogens with zero attached hydrogens (tertiary/aromatic N) is 2. The molecule has 1 N–H and O–H groups in total. The van der Waals surface area contributed by atoms with Gasteiger partial charge in [-0.1, -0.05) is 0 Å². The maximum absolute atomic E-state index is 11.8. The van der Waals surface area contributed by atoms with E-state index < -0.39 is 9.75 Å². The normalized spacial score (nSPS) is 25.6. The minimum Gasteiger partial charge on any atom is -0.355 e. The van der Waals surface area contributed by atoms with Crippen LogP contribution in [-0.2, 0) is 11.3 Å². The van der Waals surface area contributed by atoms with Crippen molar-refractivity contribution < 1.29 is 4.79 Å². The largest absolute Gasteiger partial charge is 0.355 e. The summed E-state index contributed by atoms with van der Waals surface area (Å²) in [7, 11) is 0. The molecule has 0 bridgehead atoms. The molecule has 0 spiro atoms. The van der Waals surface area contributed by atoms with E-state index in [1.807, 2.05) is 10.8 Å². The zero-order valence-corrected chi connectivity index (χ0v) is 11.1. The van der Waals surface area contributed by atoms with E-state index in [2.05, 4.69) is 10.3 Å². The fraction of sp³-hybridized carbons (Fsp3) is 0.636. The van der Waals surface area contributed by atoms with Crippen molar-refractivity contribution >= 4 is 29.1 Å². The van der Waals surface area contributed by atoms with Crippen LogP contribution < -0.4 is 5.32 Å². The third kappa shape index (κ3) is 2.58. The smallest absolute Gasteiger partial charge is 0.229 e. The molecule has 0 aromatic carbocycles. The van der Waals surface area contributed by atoms with Crippen LogP contribution in [0, 0.1) is 5.41 Å². The summed E-state index contributed by atoms with van der Waals surface area (Å²) in [5.74, 6) is -0.0619. The number of carbonyl (C=O) groups is 1. The number of imidazole rings is 1. The third-order valence-electron chi connectivity index (χ3n) is 3.20. The Labute approximate surface area is 110 Å². The van der Waals surface area contributed by atoms with Crippen molar-refractivity contribution in [1.82, 2.24) is 14.9 Å². The molecule has 1 amide bonds. The maximum Gasteiger partial charge on any atom is 0.229 e. The molecule has 0 radical (unpaired) electrons. The number of aryl methyl sites for hydroxylation is 1. The Hall–Kier alpha value is -0.740. The Balaban J connectivity index is 1.68. The lowest BCUT2D eigenvalue weighted by atomic mass is 10.1. The van der Waals surface area contributed by atoms with Crippen molar-refractivity contribution in [3.63, 3.8) is 0 Å². The Morgan fingerprint density at radius 1 is 1.59 bits per heavy atom. The van der Waals surface area contributed by atoms with Crippen molar-refractivity contribution in [2.45, 2.75) is 30.6 Å². The predicted molar refractivity (Wildman–Crippen MR) is 67.0 cm³/mol. The van der Waals surface area contributed by atoms with Crippen LogP contribution >= 0.6 is 23.2 Å². The Morgan fingerprint density at radius 2 is 2.29 bits per heavy atom. The standard InChI is InChI=1S/C11H15Cl2N3O/c1-10(7-11(10,12)13)9(17)15-3-2-5-16-6-4-14-8-16/h4,6,8H,2-3,5,7H2,1H3,(H,15,17)/t10-/m1/s1. The number of rotatable bonds is 5. The van der Waals surface area contributed by atoms with E-state index in [1.165, 1.54) is 0 Å². The topological polar surface area (TPSA) is 46.9 Å². The molecule has 1 aliphatic carbocycles. The van der Waals surface area contributed by atoms with E-state index in [4.69, 9.17) is 23.2 Å². The number of amides is 1. The van der Waals surface area contributed by atoms with Gasteiger partial charge in [-0.15, -0.1) is 23.2 Å². The quantitative estimate of drug-likeness (QED) is 0.660. The highest BCUT2D eigenvalue weighted by Crippen LogP contribution is 2.63. The third-order valence-corrected chi connectivity index (χ3v) is 4.30. The molecule has 0 unspecified atom stereocenters. The fourth-order valence-electron chi connectivity index (χ4n) is 1.72. The molecular formula is C11H15Cl2N3O. The Kier molecular flexibility index (Phi) is 3.36. The van der Waals surface area contributed by atoms with Crippen molar-refractivity contribution in [2.24, 2.45) is 5.41 Å². The molecule has 1 aliphatic rings. The van der Waals surface area contributed by atoms with Crippen molar-refractivity contribution in [2.75, 3.05) is 6.54 Å². The molecule has 1 aromatic rings. The van der Waals surface area contributed by atoms with E-state index >= 15 is 0 Å². The molecule has 2 rings (SSSR count). The maximum atomic E-state index is 11.8. The first kappa shape index (κ1) is 12.7. The summed E-state index contributed by atoms with van der Waals surface area (Å²) in [6.45, 7) is 3.25. The Bertz CT molecular complexity index is 405. The van der Waals surface area contributed by atoms with E-state index in [-0.39, 0.29) is 5.91 Å². The molecule has 94 valence electrons. The number of carbonyl (C=O) groups excluding carboxylic acids is 1. The van der Waals surface area contributed by atoms with Crippen LogP contribution in [0.2, 0.25) is 0 Å². The first-order valence-electron chi connectivity index (χ1n) is 5.58. The molecule has 4 nitrogen and oxygen atoms in total. The van der Waals surface area contributed by atoms with Crippen LogP contribution in [0.3, 0.4) is 0 Å². The first-order chi connectivity index (χ1) is 7.96. The van der Waals surface area contributed by atoms with Gasteiger partial charge in [-0.2, -0.15) is 0 Å². The van der Waals surface area contributed by atoms with Crippen LogP contribution in [0.5, 0.6) is 0 Å². The fourth-order valence-corrected chi connectivity index (χ4v) is 2.43. The van der Waals surface area contributed by atoms with Gasteiger partial charge in [-0.3, -0.25) is 4.79 Å². The van der Waals surface area contributed by atoms with Gasteiger partial charge in [0.15, 0.2) is 0 Å². The summed E-state index contributed by atoms with van der Waals surface area (Å²) >= 11 is 11.9. The Morgan fingerprint density at radius 3 is 2.82 bits per heavy atom. The molecule has 17 heavy (non-hydrogen) atoms.